The Morgan fingerprint density at radius 1 is 1.04 bits per heavy atom. The normalized spacial score (nSPS) is 13.0. The van der Waals surface area contributed by atoms with E-state index in [1.165, 1.54) is 11.3 Å². The van der Waals surface area contributed by atoms with Gasteiger partial charge in [-0.05, 0) is 25.0 Å². The van der Waals surface area contributed by atoms with Gasteiger partial charge in [0, 0.05) is 10.3 Å². The van der Waals surface area contributed by atoms with Gasteiger partial charge in [-0.1, -0.05) is 51.5 Å². The van der Waals surface area contributed by atoms with Crippen LogP contribution in [0.5, 0.6) is 11.5 Å². The molecule has 3 nitrogen and oxygen atoms in total. The summed E-state index contributed by atoms with van der Waals surface area (Å²) < 4.78 is 26.2. The first-order chi connectivity index (χ1) is 12.2. The van der Waals surface area contributed by atoms with Gasteiger partial charge in [0.15, 0.2) is 11.5 Å². The number of benzene rings is 1. The van der Waals surface area contributed by atoms with E-state index in [0.717, 1.165) is 39.6 Å². The smallest absolute Gasteiger partial charge is 0.180 e. The second-order valence-electron chi connectivity index (χ2n) is 5.68. The van der Waals surface area contributed by atoms with Gasteiger partial charge in [0.05, 0.1) is 33.1 Å². The van der Waals surface area contributed by atoms with Crippen molar-refractivity contribution in [2.45, 2.75) is 44.4 Å². The van der Waals surface area contributed by atoms with Gasteiger partial charge in [0.1, 0.15) is 0 Å². The van der Waals surface area contributed by atoms with Gasteiger partial charge < -0.3 is 9.47 Å². The van der Waals surface area contributed by atoms with Crippen LogP contribution in [0.2, 0.25) is 0 Å². The van der Waals surface area contributed by atoms with Crippen molar-refractivity contribution in [1.29, 1.82) is 0 Å². The van der Waals surface area contributed by atoms with Gasteiger partial charge in [-0.3, -0.25) is 0 Å². The lowest BCUT2D eigenvalue weighted by Gasteiger charge is -2.09. The molecule has 0 radical (unpaired) electrons. The summed E-state index contributed by atoms with van der Waals surface area (Å²) in [5, 5.41) is 1.74. The fourth-order valence-electron chi connectivity index (χ4n) is 2.18. The minimum atomic E-state index is -1.23. The maximum absolute atomic E-state index is 12.6. The van der Waals surface area contributed by atoms with Crippen LogP contribution in [0.25, 0.3) is 12.0 Å². The molecule has 0 aliphatic heterocycles. The molecular weight excluding hydrogens is 352 g/mol. The zero-order chi connectivity index (χ0) is 18.1. The zero-order valence-corrected chi connectivity index (χ0v) is 16.6. The molecular formula is C20H26O3S2. The monoisotopic (exact) mass is 378 g/mol. The minimum absolute atomic E-state index is 0.621. The maximum atomic E-state index is 12.6. The number of thiophene rings is 1. The molecule has 0 bridgehead atoms. The number of ether oxygens (including phenoxy) is 2. The molecule has 0 aliphatic rings. The topological polar surface area (TPSA) is 35.5 Å². The van der Waals surface area contributed by atoms with Crippen LogP contribution >= 0.6 is 11.3 Å². The molecule has 0 aliphatic carbocycles. The van der Waals surface area contributed by atoms with Gasteiger partial charge in [0.25, 0.3) is 0 Å². The Morgan fingerprint density at radius 2 is 1.64 bits per heavy atom. The van der Waals surface area contributed by atoms with E-state index in [2.05, 4.69) is 20.4 Å². The van der Waals surface area contributed by atoms with Gasteiger partial charge in [-0.25, -0.2) is 4.21 Å². The molecule has 2 aromatic rings. The molecule has 0 saturated carbocycles. The Morgan fingerprint density at radius 3 is 2.24 bits per heavy atom. The van der Waals surface area contributed by atoms with Crippen molar-refractivity contribution in [3.63, 3.8) is 0 Å². The highest BCUT2D eigenvalue weighted by Gasteiger charge is 2.13. The second-order valence-corrected chi connectivity index (χ2v) is 8.12. The quantitative estimate of drug-likeness (QED) is 0.585. The molecule has 0 saturated heterocycles. The summed E-state index contributed by atoms with van der Waals surface area (Å²) >= 11 is 1.47. The van der Waals surface area contributed by atoms with E-state index in [9.17, 15) is 4.21 Å². The summed E-state index contributed by atoms with van der Waals surface area (Å²) in [4.78, 5) is 0.773. The number of hydrogen-bond acceptors (Lipinski definition) is 4. The van der Waals surface area contributed by atoms with Crippen LogP contribution in [0.4, 0.5) is 0 Å². The lowest BCUT2D eigenvalue weighted by Crippen LogP contribution is -2.08. The Labute approximate surface area is 156 Å². The maximum Gasteiger partial charge on any atom is 0.180 e. The highest BCUT2D eigenvalue weighted by molar-refractivity contribution is 7.92. The lowest BCUT2D eigenvalue weighted by atomic mass is 10.3. The standard InChI is InChI=1S/C20H26O3S2/c1-4-6-13-22-19-16(3)24-18(20(19)23-14-7-5-2)15-25(21)17-11-9-8-10-12-17/h8-12,15H,3-7,13-14H2,1-2H3/b18-15+. The first-order valence-corrected chi connectivity index (χ1v) is 10.7. The van der Waals surface area contributed by atoms with Gasteiger partial charge in [-0.2, -0.15) is 0 Å². The van der Waals surface area contributed by atoms with Crippen LogP contribution in [-0.4, -0.2) is 17.4 Å². The molecule has 1 atom stereocenters. The molecule has 5 heteroatoms. The molecule has 1 unspecified atom stereocenters. The van der Waals surface area contributed by atoms with Crippen LogP contribution < -0.4 is 18.5 Å². The van der Waals surface area contributed by atoms with Crippen molar-refractivity contribution >= 4 is 34.1 Å². The van der Waals surface area contributed by atoms with Crippen molar-refractivity contribution in [3.8, 4) is 11.5 Å². The third-order valence-electron chi connectivity index (χ3n) is 3.59. The van der Waals surface area contributed by atoms with Crippen LogP contribution in [0, 0.1) is 0 Å². The fraction of sp³-hybridized carbons (Fsp3) is 0.400. The number of unbranched alkanes of at least 4 members (excludes halogenated alkanes) is 2. The number of hydrogen-bond donors (Lipinski definition) is 0. The van der Waals surface area contributed by atoms with Gasteiger partial charge in [-0.15, -0.1) is 11.3 Å². The van der Waals surface area contributed by atoms with E-state index >= 15 is 0 Å². The van der Waals surface area contributed by atoms with Gasteiger partial charge in [0.2, 0.25) is 0 Å². The molecule has 0 fully saturated rings. The third-order valence-corrected chi connectivity index (χ3v) is 5.89. The Bertz CT molecular complexity index is 781. The highest BCUT2D eigenvalue weighted by atomic mass is 32.2. The van der Waals surface area contributed by atoms with E-state index < -0.39 is 10.8 Å². The van der Waals surface area contributed by atoms with Crippen molar-refractivity contribution < 1.29 is 13.7 Å². The summed E-state index contributed by atoms with van der Waals surface area (Å²) in [5.41, 5.74) is 0. The van der Waals surface area contributed by atoms with Gasteiger partial charge >= 0.3 is 0 Å². The van der Waals surface area contributed by atoms with Crippen LogP contribution in [0.15, 0.2) is 35.2 Å². The molecule has 25 heavy (non-hydrogen) atoms. The number of rotatable bonds is 10. The molecule has 0 spiro atoms. The summed E-state index contributed by atoms with van der Waals surface area (Å²) in [6.45, 7) is 9.60. The Balaban J connectivity index is 2.34. The van der Waals surface area contributed by atoms with Crippen molar-refractivity contribution in [2.24, 2.45) is 0 Å². The molecule has 0 amide bonds. The van der Waals surface area contributed by atoms with E-state index in [-0.39, 0.29) is 0 Å². The molecule has 1 aromatic heterocycles. The second kappa shape index (κ2) is 10.4. The largest absolute Gasteiger partial charge is 0.488 e. The highest BCUT2D eigenvalue weighted by Crippen LogP contribution is 2.22. The molecule has 1 aromatic carbocycles. The minimum Gasteiger partial charge on any atom is -0.488 e. The summed E-state index contributed by atoms with van der Waals surface area (Å²) in [6, 6.07) is 9.42. The van der Waals surface area contributed by atoms with Crippen molar-refractivity contribution in [1.82, 2.24) is 0 Å². The average Bonchev–Trinajstić information content (AvgIpc) is 2.91. The first-order valence-electron chi connectivity index (χ1n) is 8.72. The Kier molecular flexibility index (Phi) is 8.22. The average molecular weight is 379 g/mol. The van der Waals surface area contributed by atoms with Crippen LogP contribution in [0.3, 0.4) is 0 Å². The van der Waals surface area contributed by atoms with Crippen LogP contribution in [0.1, 0.15) is 39.5 Å². The van der Waals surface area contributed by atoms with E-state index in [1.54, 1.807) is 5.41 Å². The van der Waals surface area contributed by atoms with E-state index in [4.69, 9.17) is 9.47 Å². The SMILES string of the molecule is C=c1s/c(=C/S(=O)c2ccccc2)c(OCCCC)c1OCCCC. The first kappa shape index (κ1) is 19.7. The molecule has 2 rings (SSSR count). The molecule has 1 heterocycles. The molecule has 0 N–H and O–H groups in total. The zero-order valence-electron chi connectivity index (χ0n) is 15.0. The third kappa shape index (κ3) is 5.72. The Hall–Kier alpha value is -1.59. The lowest BCUT2D eigenvalue weighted by molar-refractivity contribution is 0.261. The summed E-state index contributed by atoms with van der Waals surface area (Å²) in [5.74, 6) is 1.38. The van der Waals surface area contributed by atoms with Crippen LogP contribution in [-0.2, 0) is 10.8 Å². The predicted molar refractivity (Wildman–Crippen MR) is 107 cm³/mol. The molecule has 136 valence electrons. The van der Waals surface area contributed by atoms with Crippen molar-refractivity contribution in [2.75, 3.05) is 13.2 Å². The summed E-state index contributed by atoms with van der Waals surface area (Å²) in [7, 11) is -1.23. The van der Waals surface area contributed by atoms with E-state index in [0.29, 0.717) is 24.7 Å². The predicted octanol–water partition coefficient (Wildman–Crippen LogP) is 4.06. The summed E-state index contributed by atoms with van der Waals surface area (Å²) in [6.07, 6.45) is 4.08. The van der Waals surface area contributed by atoms with Crippen molar-refractivity contribution in [3.05, 3.63) is 39.4 Å². The fourth-order valence-corrected chi connectivity index (χ4v) is 4.25. The van der Waals surface area contributed by atoms with E-state index in [1.807, 2.05) is 30.3 Å².